The van der Waals surface area contributed by atoms with E-state index in [-0.39, 0.29) is 12.4 Å². The minimum absolute atomic E-state index is 0.0203. The third kappa shape index (κ3) is 7.88. The molecule has 0 unspecified atom stereocenters. The number of nitrogens with two attached hydrogens (primary N) is 1. The molecule has 0 fully saturated rings. The second-order valence-electron chi connectivity index (χ2n) is 6.56. The van der Waals surface area contributed by atoms with Crippen molar-refractivity contribution in [1.82, 2.24) is 0 Å². The Hall–Kier alpha value is -1.59. The minimum atomic E-state index is -0.541. The average Bonchev–Trinajstić information content (AvgIpc) is 2.62. The number of methoxy groups -OCH3 is 1. The predicted octanol–water partition coefficient (Wildman–Crippen LogP) is 2.42. The lowest BCUT2D eigenvalue weighted by Gasteiger charge is -2.16. The largest absolute Gasteiger partial charge is 0.493 e. The van der Waals surface area contributed by atoms with Gasteiger partial charge in [-0.05, 0) is 38.0 Å². The summed E-state index contributed by atoms with van der Waals surface area (Å²) in [4.78, 5) is 11.4. The highest BCUT2D eigenvalue weighted by atomic mass is 16.5. The van der Waals surface area contributed by atoms with Crippen LogP contribution in [0.4, 0.5) is 0 Å². The standard InChI is InChI=1S/C20H33NO4/c1-5-7-8-16(6-2)12-21-13-18(23)14-25-19-10-9-17(15(3)22)11-20(19)24-4/h9-11,16,18,21,23H,5-8,12-14H2,1-4H3/p+1/t16-,18-/m1/s1. The molecule has 2 atom stereocenters. The van der Waals surface area contributed by atoms with Crippen LogP contribution >= 0.6 is 0 Å². The minimum Gasteiger partial charge on any atom is -0.493 e. The molecule has 0 saturated heterocycles. The van der Waals surface area contributed by atoms with Gasteiger partial charge in [-0.3, -0.25) is 4.79 Å². The third-order valence-corrected chi connectivity index (χ3v) is 4.48. The molecule has 1 aromatic rings. The number of quaternary nitrogens is 1. The molecular formula is C20H34NO4+. The summed E-state index contributed by atoms with van der Waals surface area (Å²) in [5, 5.41) is 12.3. The summed E-state index contributed by atoms with van der Waals surface area (Å²) >= 11 is 0. The molecule has 0 aliphatic heterocycles. The highest BCUT2D eigenvalue weighted by Crippen LogP contribution is 2.28. The topological polar surface area (TPSA) is 72.4 Å². The fraction of sp³-hybridized carbons (Fsp3) is 0.650. The summed E-state index contributed by atoms with van der Waals surface area (Å²) in [6, 6.07) is 5.08. The van der Waals surface area contributed by atoms with E-state index in [0.717, 1.165) is 6.54 Å². The first-order chi connectivity index (χ1) is 12.0. The van der Waals surface area contributed by atoms with Gasteiger partial charge in [-0.1, -0.05) is 26.7 Å². The Morgan fingerprint density at radius 2 is 2.00 bits per heavy atom. The van der Waals surface area contributed by atoms with Crippen LogP contribution in [0.3, 0.4) is 0 Å². The second kappa shape index (κ2) is 11.9. The average molecular weight is 352 g/mol. The van der Waals surface area contributed by atoms with Gasteiger partial charge in [0.05, 0.1) is 13.7 Å². The quantitative estimate of drug-likeness (QED) is 0.535. The van der Waals surface area contributed by atoms with Gasteiger partial charge < -0.3 is 19.9 Å². The Morgan fingerprint density at radius 3 is 2.60 bits per heavy atom. The lowest BCUT2D eigenvalue weighted by atomic mass is 9.99. The van der Waals surface area contributed by atoms with Gasteiger partial charge in [-0.2, -0.15) is 0 Å². The van der Waals surface area contributed by atoms with Crippen LogP contribution in [-0.4, -0.2) is 43.8 Å². The smallest absolute Gasteiger partial charge is 0.161 e. The van der Waals surface area contributed by atoms with Gasteiger partial charge in [0, 0.05) is 11.5 Å². The molecule has 1 rings (SSSR count). The first-order valence-electron chi connectivity index (χ1n) is 9.33. The van der Waals surface area contributed by atoms with Crippen LogP contribution in [0, 0.1) is 5.92 Å². The maximum Gasteiger partial charge on any atom is 0.161 e. The van der Waals surface area contributed by atoms with E-state index in [2.05, 4.69) is 19.2 Å². The van der Waals surface area contributed by atoms with E-state index in [9.17, 15) is 9.90 Å². The van der Waals surface area contributed by atoms with Crippen LogP contribution < -0.4 is 14.8 Å². The molecule has 0 radical (unpaired) electrons. The fourth-order valence-corrected chi connectivity index (χ4v) is 2.77. The van der Waals surface area contributed by atoms with Crippen molar-refractivity contribution in [1.29, 1.82) is 0 Å². The van der Waals surface area contributed by atoms with E-state index in [1.54, 1.807) is 18.2 Å². The molecule has 3 N–H and O–H groups in total. The number of Topliss-reactive ketones (excluding diaryl/α,β-unsaturated/α-hetero) is 1. The summed E-state index contributed by atoms with van der Waals surface area (Å²) in [7, 11) is 1.54. The van der Waals surface area contributed by atoms with Crippen molar-refractivity contribution in [3.63, 3.8) is 0 Å². The van der Waals surface area contributed by atoms with E-state index in [1.165, 1.54) is 39.7 Å². The maximum absolute atomic E-state index is 11.4. The Bertz CT molecular complexity index is 518. The molecule has 0 aromatic heterocycles. The van der Waals surface area contributed by atoms with Crippen molar-refractivity contribution in [3.8, 4) is 11.5 Å². The zero-order valence-electron chi connectivity index (χ0n) is 16.1. The number of hydrogen-bond donors (Lipinski definition) is 2. The Balaban J connectivity index is 2.40. The van der Waals surface area contributed by atoms with E-state index in [4.69, 9.17) is 9.47 Å². The van der Waals surface area contributed by atoms with Crippen molar-refractivity contribution in [3.05, 3.63) is 23.8 Å². The second-order valence-corrected chi connectivity index (χ2v) is 6.56. The Kier molecular flexibility index (Phi) is 10.2. The van der Waals surface area contributed by atoms with Crippen molar-refractivity contribution >= 4 is 5.78 Å². The molecule has 0 aliphatic carbocycles. The molecular weight excluding hydrogens is 318 g/mol. The molecule has 1 aromatic carbocycles. The van der Waals surface area contributed by atoms with Gasteiger partial charge in [0.2, 0.25) is 0 Å². The van der Waals surface area contributed by atoms with Crippen LogP contribution in [0.2, 0.25) is 0 Å². The van der Waals surface area contributed by atoms with Gasteiger partial charge in [0.15, 0.2) is 17.3 Å². The zero-order valence-corrected chi connectivity index (χ0v) is 16.1. The summed E-state index contributed by atoms with van der Waals surface area (Å²) < 4.78 is 10.9. The number of aliphatic hydroxyl groups is 1. The fourth-order valence-electron chi connectivity index (χ4n) is 2.77. The maximum atomic E-state index is 11.4. The van der Waals surface area contributed by atoms with Crippen molar-refractivity contribution < 1.29 is 24.7 Å². The number of aliphatic hydroxyl groups excluding tert-OH is 1. The molecule has 0 saturated carbocycles. The predicted molar refractivity (Wildman–Crippen MR) is 99.5 cm³/mol. The summed E-state index contributed by atoms with van der Waals surface area (Å²) in [5.74, 6) is 1.75. The summed E-state index contributed by atoms with van der Waals surface area (Å²) in [5.41, 5.74) is 0.579. The van der Waals surface area contributed by atoms with Crippen LogP contribution in [0.15, 0.2) is 18.2 Å². The first kappa shape index (κ1) is 21.5. The highest BCUT2D eigenvalue weighted by molar-refractivity contribution is 5.94. The molecule has 5 nitrogen and oxygen atoms in total. The lowest BCUT2D eigenvalue weighted by Crippen LogP contribution is -2.87. The summed E-state index contributed by atoms with van der Waals surface area (Å²) in [6.07, 6.45) is 4.41. The zero-order chi connectivity index (χ0) is 18.7. The molecule has 0 aliphatic rings. The summed E-state index contributed by atoms with van der Waals surface area (Å²) in [6.45, 7) is 7.83. The monoisotopic (exact) mass is 352 g/mol. The van der Waals surface area contributed by atoms with Gasteiger partial charge in [0.25, 0.3) is 0 Å². The Morgan fingerprint density at radius 1 is 1.24 bits per heavy atom. The van der Waals surface area contributed by atoms with Crippen molar-refractivity contribution in [2.75, 3.05) is 26.8 Å². The molecule has 0 heterocycles. The number of carbonyl (C=O) groups is 1. The first-order valence-corrected chi connectivity index (χ1v) is 9.33. The molecule has 0 amide bonds. The normalized spacial score (nSPS) is 13.3. The molecule has 5 heteroatoms. The van der Waals surface area contributed by atoms with Crippen LogP contribution in [0.1, 0.15) is 56.8 Å². The number of ketones is 1. The van der Waals surface area contributed by atoms with Crippen LogP contribution in [0.25, 0.3) is 0 Å². The van der Waals surface area contributed by atoms with Gasteiger partial charge in [0.1, 0.15) is 19.3 Å². The number of unbranched alkanes of at least 4 members (excludes halogenated alkanes) is 1. The molecule has 142 valence electrons. The van der Waals surface area contributed by atoms with Gasteiger partial charge in [-0.15, -0.1) is 0 Å². The van der Waals surface area contributed by atoms with Crippen molar-refractivity contribution in [2.45, 2.75) is 52.6 Å². The van der Waals surface area contributed by atoms with Gasteiger partial charge >= 0.3 is 0 Å². The third-order valence-electron chi connectivity index (χ3n) is 4.48. The van der Waals surface area contributed by atoms with Crippen LogP contribution in [0.5, 0.6) is 11.5 Å². The van der Waals surface area contributed by atoms with Crippen molar-refractivity contribution in [2.24, 2.45) is 5.92 Å². The molecule has 0 spiro atoms. The molecule has 0 bridgehead atoms. The number of benzene rings is 1. The van der Waals surface area contributed by atoms with Gasteiger partial charge in [-0.25, -0.2) is 0 Å². The number of rotatable bonds is 13. The van der Waals surface area contributed by atoms with E-state index < -0.39 is 6.10 Å². The highest BCUT2D eigenvalue weighted by Gasteiger charge is 2.14. The molecule has 25 heavy (non-hydrogen) atoms. The van der Waals surface area contributed by atoms with E-state index >= 15 is 0 Å². The van der Waals surface area contributed by atoms with E-state index in [0.29, 0.717) is 29.5 Å². The van der Waals surface area contributed by atoms with Crippen LogP contribution in [-0.2, 0) is 0 Å². The number of carbonyl (C=O) groups excluding carboxylic acids is 1. The SMILES string of the molecule is CCCC[C@@H](CC)C[NH2+]C[C@@H](O)COc1ccc(C(C)=O)cc1OC. The number of hydrogen-bond acceptors (Lipinski definition) is 4. The number of ether oxygens (including phenoxy) is 2. The lowest BCUT2D eigenvalue weighted by molar-refractivity contribution is -0.666. The van der Waals surface area contributed by atoms with E-state index in [1.807, 2.05) is 0 Å². The Labute approximate surface area is 151 Å².